The quantitative estimate of drug-likeness (QED) is 0.686. The lowest BCUT2D eigenvalue weighted by Crippen LogP contribution is -2.34. The molecule has 2 N–H and O–H groups in total. The minimum Gasteiger partial charge on any atom is -0.452 e. The van der Waals surface area contributed by atoms with Gasteiger partial charge < -0.3 is 15.0 Å². The van der Waals surface area contributed by atoms with E-state index < -0.39 is 18.1 Å². The minimum absolute atomic E-state index is 0.0726. The first-order chi connectivity index (χ1) is 13.6. The highest BCUT2D eigenvalue weighted by Gasteiger charge is 2.22. The zero-order valence-corrected chi connectivity index (χ0v) is 15.2. The highest BCUT2D eigenvalue weighted by Crippen LogP contribution is 2.29. The van der Waals surface area contributed by atoms with Crippen molar-refractivity contribution in [2.75, 3.05) is 6.61 Å². The number of benzene rings is 2. The molecule has 2 aromatic carbocycles. The van der Waals surface area contributed by atoms with Crippen LogP contribution in [0.3, 0.4) is 0 Å². The number of hydrogen-bond donors (Lipinski definition) is 2. The molecular formula is C22H20N2O4. The summed E-state index contributed by atoms with van der Waals surface area (Å²) in [6, 6.07) is 16.1. The molecule has 1 amide bonds. The third kappa shape index (κ3) is 3.67. The van der Waals surface area contributed by atoms with Gasteiger partial charge in [0.15, 0.2) is 6.61 Å². The maximum Gasteiger partial charge on any atom is 0.339 e. The van der Waals surface area contributed by atoms with Crippen molar-refractivity contribution in [1.82, 2.24) is 10.3 Å². The first-order valence-electron chi connectivity index (χ1n) is 9.28. The number of amides is 1. The second-order valence-electron chi connectivity index (χ2n) is 6.88. The molecule has 4 rings (SSSR count). The van der Waals surface area contributed by atoms with Gasteiger partial charge in [0.2, 0.25) is 5.56 Å². The minimum atomic E-state index is -0.693. The van der Waals surface area contributed by atoms with E-state index in [2.05, 4.69) is 16.4 Å². The van der Waals surface area contributed by atoms with E-state index in [1.54, 1.807) is 24.3 Å². The number of para-hydroxylation sites is 1. The Balaban J connectivity index is 1.44. The molecule has 1 atom stereocenters. The molecule has 6 heteroatoms. The maximum atomic E-state index is 12.5. The van der Waals surface area contributed by atoms with Crippen LogP contribution in [0.15, 0.2) is 59.4 Å². The number of aromatic nitrogens is 1. The third-order valence-electron chi connectivity index (χ3n) is 5.01. The molecule has 0 saturated heterocycles. The van der Waals surface area contributed by atoms with Crippen molar-refractivity contribution in [3.8, 4) is 0 Å². The predicted molar refractivity (Wildman–Crippen MR) is 105 cm³/mol. The maximum absolute atomic E-state index is 12.5. The van der Waals surface area contributed by atoms with Gasteiger partial charge in [-0.3, -0.25) is 9.59 Å². The Morgan fingerprint density at radius 1 is 1.11 bits per heavy atom. The molecule has 0 spiro atoms. The van der Waals surface area contributed by atoms with Gasteiger partial charge in [-0.15, -0.1) is 0 Å². The van der Waals surface area contributed by atoms with Gasteiger partial charge >= 0.3 is 5.97 Å². The molecule has 0 fully saturated rings. The molecule has 0 bridgehead atoms. The lowest BCUT2D eigenvalue weighted by molar-refractivity contribution is -0.125. The van der Waals surface area contributed by atoms with Gasteiger partial charge in [0.1, 0.15) is 0 Å². The van der Waals surface area contributed by atoms with Crippen LogP contribution in [-0.2, 0) is 16.0 Å². The van der Waals surface area contributed by atoms with Crippen molar-refractivity contribution in [3.05, 3.63) is 81.6 Å². The lowest BCUT2D eigenvalue weighted by atomic mass is 9.88. The van der Waals surface area contributed by atoms with Crippen LogP contribution in [0, 0.1) is 0 Å². The number of hydrogen-bond acceptors (Lipinski definition) is 4. The summed E-state index contributed by atoms with van der Waals surface area (Å²) >= 11 is 0. The molecular weight excluding hydrogens is 356 g/mol. The van der Waals surface area contributed by atoms with Crippen molar-refractivity contribution >= 4 is 22.8 Å². The highest BCUT2D eigenvalue weighted by molar-refractivity contribution is 6.03. The fraction of sp³-hybridized carbons (Fsp3) is 0.227. The SMILES string of the molecule is O=C(COC(=O)c1cc(=O)[nH]c2ccccc12)N[C@@H]1CCCc2ccccc21. The van der Waals surface area contributed by atoms with Gasteiger partial charge in [0.05, 0.1) is 11.6 Å². The van der Waals surface area contributed by atoms with E-state index in [0.29, 0.717) is 10.9 Å². The number of aromatic amines is 1. The second-order valence-corrected chi connectivity index (χ2v) is 6.88. The highest BCUT2D eigenvalue weighted by atomic mass is 16.5. The van der Waals surface area contributed by atoms with Gasteiger partial charge in [0.25, 0.3) is 5.91 Å². The molecule has 3 aromatic rings. The van der Waals surface area contributed by atoms with Gasteiger partial charge in [-0.1, -0.05) is 42.5 Å². The van der Waals surface area contributed by atoms with Crippen LogP contribution in [-0.4, -0.2) is 23.5 Å². The monoisotopic (exact) mass is 376 g/mol. The second kappa shape index (κ2) is 7.68. The lowest BCUT2D eigenvalue weighted by Gasteiger charge is -2.26. The number of fused-ring (bicyclic) bond motifs is 2. The Morgan fingerprint density at radius 2 is 1.89 bits per heavy atom. The van der Waals surface area contributed by atoms with Gasteiger partial charge in [-0.25, -0.2) is 4.79 Å². The molecule has 142 valence electrons. The summed E-state index contributed by atoms with van der Waals surface area (Å²) in [5.74, 6) is -1.05. The zero-order valence-electron chi connectivity index (χ0n) is 15.2. The number of carbonyl (C=O) groups excluding carboxylic acids is 2. The Kier molecular flexibility index (Phi) is 4.93. The average Bonchev–Trinajstić information content (AvgIpc) is 2.71. The molecule has 0 aliphatic heterocycles. The Bertz CT molecular complexity index is 1100. The molecule has 1 aliphatic rings. The predicted octanol–water partition coefficient (Wildman–Crippen LogP) is 2.88. The number of rotatable bonds is 4. The first kappa shape index (κ1) is 18.0. The molecule has 0 saturated carbocycles. The van der Waals surface area contributed by atoms with Crippen LogP contribution in [0.4, 0.5) is 0 Å². The largest absolute Gasteiger partial charge is 0.452 e. The van der Waals surface area contributed by atoms with Crippen LogP contribution in [0.5, 0.6) is 0 Å². The number of ether oxygens (including phenoxy) is 1. The Hall–Kier alpha value is -3.41. The van der Waals surface area contributed by atoms with Crippen LogP contribution >= 0.6 is 0 Å². The summed E-state index contributed by atoms with van der Waals surface area (Å²) in [5, 5.41) is 3.52. The fourth-order valence-corrected chi connectivity index (χ4v) is 3.72. The van der Waals surface area contributed by atoms with Crippen molar-refractivity contribution in [1.29, 1.82) is 0 Å². The van der Waals surface area contributed by atoms with Crippen molar-refractivity contribution in [2.45, 2.75) is 25.3 Å². The van der Waals surface area contributed by atoms with Crippen molar-refractivity contribution in [3.63, 3.8) is 0 Å². The summed E-state index contributed by atoms with van der Waals surface area (Å²) in [4.78, 5) is 39.2. The number of H-pyrrole nitrogens is 1. The van der Waals surface area contributed by atoms with E-state index in [0.717, 1.165) is 24.8 Å². The summed E-state index contributed by atoms with van der Waals surface area (Å²) in [7, 11) is 0. The van der Waals surface area contributed by atoms with E-state index in [1.165, 1.54) is 11.6 Å². The van der Waals surface area contributed by atoms with Gasteiger partial charge in [-0.05, 0) is 36.5 Å². The van der Waals surface area contributed by atoms with Gasteiger partial charge in [0, 0.05) is 17.0 Å². The standard InChI is InChI=1S/C22H20N2O4/c25-20-12-17(16-9-3-4-10-19(16)23-20)22(27)28-13-21(26)24-18-11-5-7-14-6-1-2-8-15(14)18/h1-4,6,8-10,12,18H,5,7,11,13H2,(H,23,25)(H,24,26)/t18-/m1/s1. The summed E-state index contributed by atoms with van der Waals surface area (Å²) in [6.45, 7) is -0.390. The molecule has 28 heavy (non-hydrogen) atoms. The van der Waals surface area contributed by atoms with E-state index in [4.69, 9.17) is 4.74 Å². The summed E-state index contributed by atoms with van der Waals surface area (Å²) in [5.41, 5.74) is 2.66. The number of esters is 1. The first-order valence-corrected chi connectivity index (χ1v) is 9.28. The fourth-order valence-electron chi connectivity index (χ4n) is 3.72. The van der Waals surface area contributed by atoms with Crippen LogP contribution in [0.1, 0.15) is 40.4 Å². The molecule has 0 radical (unpaired) electrons. The third-order valence-corrected chi connectivity index (χ3v) is 5.01. The summed E-state index contributed by atoms with van der Waals surface area (Å²) in [6.07, 6.45) is 2.86. The topological polar surface area (TPSA) is 88.3 Å². The Morgan fingerprint density at radius 3 is 2.79 bits per heavy atom. The van der Waals surface area contributed by atoms with E-state index in [9.17, 15) is 14.4 Å². The van der Waals surface area contributed by atoms with E-state index >= 15 is 0 Å². The van der Waals surface area contributed by atoms with Crippen molar-refractivity contribution in [2.24, 2.45) is 0 Å². The van der Waals surface area contributed by atoms with Crippen LogP contribution in [0.2, 0.25) is 0 Å². The van der Waals surface area contributed by atoms with Crippen molar-refractivity contribution < 1.29 is 14.3 Å². The average molecular weight is 376 g/mol. The number of nitrogens with one attached hydrogen (secondary N) is 2. The number of carbonyl (C=O) groups is 2. The number of pyridine rings is 1. The molecule has 6 nitrogen and oxygen atoms in total. The van der Waals surface area contributed by atoms with Crippen LogP contribution in [0.25, 0.3) is 10.9 Å². The normalized spacial score (nSPS) is 15.6. The Labute approximate surface area is 161 Å². The smallest absolute Gasteiger partial charge is 0.339 e. The molecule has 1 heterocycles. The van der Waals surface area contributed by atoms with E-state index in [-0.39, 0.29) is 17.5 Å². The van der Waals surface area contributed by atoms with E-state index in [1.807, 2.05) is 18.2 Å². The summed E-state index contributed by atoms with van der Waals surface area (Å²) < 4.78 is 5.18. The van der Waals surface area contributed by atoms with Crippen LogP contribution < -0.4 is 10.9 Å². The molecule has 1 aromatic heterocycles. The number of aryl methyl sites for hydroxylation is 1. The molecule has 0 unspecified atom stereocenters. The zero-order chi connectivity index (χ0) is 19.5. The molecule has 1 aliphatic carbocycles. The van der Waals surface area contributed by atoms with Gasteiger partial charge in [-0.2, -0.15) is 0 Å².